The van der Waals surface area contributed by atoms with Crippen LogP contribution in [0.4, 0.5) is 0 Å². The van der Waals surface area contributed by atoms with Gasteiger partial charge in [0.05, 0.1) is 13.2 Å². The van der Waals surface area contributed by atoms with Gasteiger partial charge in [-0.25, -0.2) is 0 Å². The molecule has 2 aliphatic heterocycles. The minimum atomic E-state index is -0.993. The Morgan fingerprint density at radius 2 is 2.21 bits per heavy atom. The summed E-state index contributed by atoms with van der Waals surface area (Å²) in [6.45, 7) is 3.09. The fourth-order valence-corrected chi connectivity index (χ4v) is 4.73. The Kier molecular flexibility index (Phi) is 3.70. The number of H-pyrrole nitrogens is 1. The van der Waals surface area contributed by atoms with Crippen molar-refractivity contribution in [3.63, 3.8) is 0 Å². The fraction of sp³-hybridized carbons (Fsp3) is 0.421. The number of hydrogen-bond donors (Lipinski definition) is 1. The van der Waals surface area contributed by atoms with Crippen molar-refractivity contribution in [3.8, 4) is 0 Å². The number of benzene rings is 1. The van der Waals surface area contributed by atoms with Gasteiger partial charge in [-0.1, -0.05) is 30.4 Å². The third-order valence-corrected chi connectivity index (χ3v) is 6.02. The Labute approximate surface area is 146 Å². The molecule has 0 radical (unpaired) electrons. The van der Waals surface area contributed by atoms with Crippen LogP contribution in [0.25, 0.3) is 10.9 Å². The molecule has 3 heterocycles. The number of aromatic amines is 1. The lowest BCUT2D eigenvalue weighted by atomic mass is 9.76. The van der Waals surface area contributed by atoms with Crippen LogP contribution in [0.2, 0.25) is 0 Å². The number of hydrogen-bond acceptors (Lipinski definition) is 3. The average Bonchev–Trinajstić information content (AvgIpc) is 3.04. The Hall–Kier alpha value is -1.78. The van der Waals surface area contributed by atoms with Gasteiger partial charge in [-0.15, -0.1) is 11.6 Å². The van der Waals surface area contributed by atoms with Crippen LogP contribution in [-0.4, -0.2) is 40.4 Å². The standard InChI is InChI=1S/C19H21ClN2O2/c1-12(15-10-21-16-6-4-3-5-14(15)16)22-11-13-7-8-17(22)19(20,9-13)18(23)24-2/h3-8,10,12-13,17,21H,9,11H2,1-2H3. The maximum atomic E-state index is 12.3. The van der Waals surface area contributed by atoms with Crippen LogP contribution in [0, 0.1) is 5.92 Å². The molecule has 0 saturated carbocycles. The molecule has 4 atom stereocenters. The lowest BCUT2D eigenvalue weighted by Crippen LogP contribution is -2.62. The number of carbonyl (C=O) groups is 1. The van der Waals surface area contributed by atoms with E-state index in [0.29, 0.717) is 6.42 Å². The highest BCUT2D eigenvalue weighted by molar-refractivity contribution is 6.35. The van der Waals surface area contributed by atoms with Crippen LogP contribution in [0.1, 0.15) is 24.9 Å². The van der Waals surface area contributed by atoms with Crippen LogP contribution in [-0.2, 0) is 9.53 Å². The predicted octanol–water partition coefficient (Wildman–Crippen LogP) is 3.64. The van der Waals surface area contributed by atoms with E-state index in [1.165, 1.54) is 18.1 Å². The van der Waals surface area contributed by atoms with Crippen molar-refractivity contribution in [2.24, 2.45) is 5.92 Å². The molecule has 2 bridgehead atoms. The summed E-state index contributed by atoms with van der Waals surface area (Å²) < 4.78 is 5.00. The van der Waals surface area contributed by atoms with E-state index in [2.05, 4.69) is 53.4 Å². The third-order valence-electron chi connectivity index (χ3n) is 5.49. The number of fused-ring (bicyclic) bond motifs is 3. The maximum absolute atomic E-state index is 12.3. The molecule has 1 fully saturated rings. The first-order valence-electron chi connectivity index (χ1n) is 8.32. The van der Waals surface area contributed by atoms with E-state index in [9.17, 15) is 4.79 Å². The van der Waals surface area contributed by atoms with Gasteiger partial charge in [-0.3, -0.25) is 9.69 Å². The molecule has 0 amide bonds. The predicted molar refractivity (Wildman–Crippen MR) is 95.1 cm³/mol. The van der Waals surface area contributed by atoms with Crippen LogP contribution in [0.5, 0.6) is 0 Å². The number of nitrogens with one attached hydrogen (secondary N) is 1. The number of piperidine rings is 1. The molecule has 1 N–H and O–H groups in total. The molecule has 1 aromatic carbocycles. The number of methoxy groups -OCH3 is 1. The first-order chi connectivity index (χ1) is 11.5. The normalized spacial score (nSPS) is 30.6. The lowest BCUT2D eigenvalue weighted by Gasteiger charge is -2.51. The van der Waals surface area contributed by atoms with Crippen molar-refractivity contribution in [1.29, 1.82) is 0 Å². The SMILES string of the molecule is COC(=O)C1(Cl)CC2C=CC1N(C(C)c1c[nH]c3ccccc13)C2. The van der Waals surface area contributed by atoms with E-state index < -0.39 is 4.87 Å². The quantitative estimate of drug-likeness (QED) is 0.525. The minimum Gasteiger partial charge on any atom is -0.468 e. The van der Waals surface area contributed by atoms with Crippen molar-refractivity contribution in [3.05, 3.63) is 48.2 Å². The molecular weight excluding hydrogens is 324 g/mol. The Morgan fingerprint density at radius 1 is 1.42 bits per heavy atom. The van der Waals surface area contributed by atoms with Gasteiger partial charge in [0.2, 0.25) is 0 Å². The number of halogens is 1. The molecule has 5 heteroatoms. The molecule has 2 aromatic rings. The van der Waals surface area contributed by atoms with Gasteiger partial charge in [-0.05, 0) is 30.9 Å². The Morgan fingerprint density at radius 3 is 2.96 bits per heavy atom. The molecule has 24 heavy (non-hydrogen) atoms. The molecule has 3 aliphatic rings. The number of rotatable bonds is 3. The first-order valence-corrected chi connectivity index (χ1v) is 8.70. The summed E-state index contributed by atoms with van der Waals surface area (Å²) in [5, 5.41) is 1.22. The number of ether oxygens (including phenoxy) is 1. The van der Waals surface area contributed by atoms with E-state index >= 15 is 0 Å². The average molecular weight is 345 g/mol. The fourth-order valence-electron chi connectivity index (χ4n) is 4.26. The summed E-state index contributed by atoms with van der Waals surface area (Å²) in [7, 11) is 1.41. The molecule has 0 spiro atoms. The summed E-state index contributed by atoms with van der Waals surface area (Å²) in [6.07, 6.45) is 6.97. The van der Waals surface area contributed by atoms with Crippen LogP contribution >= 0.6 is 11.6 Å². The number of esters is 1. The van der Waals surface area contributed by atoms with Gasteiger partial charge in [0.15, 0.2) is 4.87 Å². The zero-order chi connectivity index (χ0) is 16.9. The summed E-state index contributed by atoms with van der Waals surface area (Å²) in [6, 6.07) is 8.29. The van der Waals surface area contributed by atoms with Gasteiger partial charge in [0.25, 0.3) is 0 Å². The van der Waals surface area contributed by atoms with Gasteiger partial charge in [0.1, 0.15) is 0 Å². The van der Waals surface area contributed by atoms with Crippen molar-refractivity contribution in [2.45, 2.75) is 30.3 Å². The molecule has 4 nitrogen and oxygen atoms in total. The third kappa shape index (κ3) is 2.20. The molecule has 5 rings (SSSR count). The number of alkyl halides is 1. The summed E-state index contributed by atoms with van der Waals surface area (Å²) >= 11 is 6.77. The summed E-state index contributed by atoms with van der Waals surface area (Å²) in [4.78, 5) is 17.0. The van der Waals surface area contributed by atoms with E-state index in [4.69, 9.17) is 16.3 Å². The molecule has 126 valence electrons. The molecule has 1 aliphatic carbocycles. The largest absolute Gasteiger partial charge is 0.468 e. The van der Waals surface area contributed by atoms with E-state index in [-0.39, 0.29) is 24.0 Å². The summed E-state index contributed by atoms with van der Waals surface area (Å²) in [5.41, 5.74) is 2.36. The first kappa shape index (κ1) is 15.7. The summed E-state index contributed by atoms with van der Waals surface area (Å²) in [5.74, 6) is -0.0569. The topological polar surface area (TPSA) is 45.3 Å². The molecule has 1 aromatic heterocycles. The monoisotopic (exact) mass is 344 g/mol. The molecule has 4 unspecified atom stereocenters. The van der Waals surface area contributed by atoms with Gasteiger partial charge in [0, 0.05) is 29.7 Å². The molecular formula is C19H21ClN2O2. The minimum absolute atomic E-state index is 0.153. The number of carbonyl (C=O) groups excluding carboxylic acids is 1. The second kappa shape index (κ2) is 5.64. The van der Waals surface area contributed by atoms with Crippen molar-refractivity contribution in [2.75, 3.05) is 13.7 Å². The Bertz CT molecular complexity index is 815. The number of para-hydroxylation sites is 1. The smallest absolute Gasteiger partial charge is 0.328 e. The zero-order valence-electron chi connectivity index (χ0n) is 13.8. The lowest BCUT2D eigenvalue weighted by molar-refractivity contribution is -0.148. The van der Waals surface area contributed by atoms with Crippen LogP contribution < -0.4 is 0 Å². The van der Waals surface area contributed by atoms with E-state index in [1.807, 2.05) is 6.07 Å². The van der Waals surface area contributed by atoms with Gasteiger partial charge < -0.3 is 9.72 Å². The highest BCUT2D eigenvalue weighted by atomic mass is 35.5. The van der Waals surface area contributed by atoms with Crippen LogP contribution in [0.3, 0.4) is 0 Å². The number of aromatic nitrogens is 1. The van der Waals surface area contributed by atoms with Crippen molar-refractivity contribution in [1.82, 2.24) is 9.88 Å². The maximum Gasteiger partial charge on any atom is 0.328 e. The van der Waals surface area contributed by atoms with Gasteiger partial charge in [-0.2, -0.15) is 0 Å². The van der Waals surface area contributed by atoms with Crippen molar-refractivity contribution >= 4 is 28.5 Å². The molecule has 1 saturated heterocycles. The highest BCUT2D eigenvalue weighted by Gasteiger charge is 2.54. The Balaban J connectivity index is 1.71. The van der Waals surface area contributed by atoms with E-state index in [0.717, 1.165) is 12.1 Å². The van der Waals surface area contributed by atoms with Crippen LogP contribution in [0.15, 0.2) is 42.6 Å². The second-order valence-electron chi connectivity index (χ2n) is 6.81. The second-order valence-corrected chi connectivity index (χ2v) is 7.48. The van der Waals surface area contributed by atoms with Crippen molar-refractivity contribution < 1.29 is 9.53 Å². The zero-order valence-corrected chi connectivity index (χ0v) is 14.6. The highest BCUT2D eigenvalue weighted by Crippen LogP contribution is 2.46. The number of nitrogens with zero attached hydrogens (tertiary/aromatic N) is 1. The van der Waals surface area contributed by atoms with Gasteiger partial charge >= 0.3 is 5.97 Å². The van der Waals surface area contributed by atoms with E-state index in [1.54, 1.807) is 0 Å².